The summed E-state index contributed by atoms with van der Waals surface area (Å²) in [7, 11) is 0. The predicted octanol–water partition coefficient (Wildman–Crippen LogP) is 3.28. The van der Waals surface area contributed by atoms with Gasteiger partial charge in [-0.25, -0.2) is 4.90 Å². The van der Waals surface area contributed by atoms with Crippen LogP contribution in [0.1, 0.15) is 35.8 Å². The highest BCUT2D eigenvalue weighted by Gasteiger charge is 2.56. The lowest BCUT2D eigenvalue weighted by molar-refractivity contribution is -0.157. The fourth-order valence-electron chi connectivity index (χ4n) is 5.33. The molecule has 0 saturated carbocycles. The van der Waals surface area contributed by atoms with Gasteiger partial charge in [-0.3, -0.25) is 14.5 Å². The molecular formula is C24H24ClN3O5S. The van der Waals surface area contributed by atoms with Gasteiger partial charge in [-0.15, -0.1) is 11.3 Å². The minimum absolute atomic E-state index is 0.00989. The summed E-state index contributed by atoms with van der Waals surface area (Å²) in [6.45, 7) is 3.54. The Bertz CT molecular complexity index is 1190. The number of hydrogen-bond donors (Lipinski definition) is 0. The highest BCUT2D eigenvalue weighted by Crippen LogP contribution is 2.45. The van der Waals surface area contributed by atoms with E-state index >= 15 is 0 Å². The van der Waals surface area contributed by atoms with E-state index in [-0.39, 0.29) is 24.1 Å². The van der Waals surface area contributed by atoms with Crippen molar-refractivity contribution < 1.29 is 23.8 Å². The molecule has 10 heteroatoms. The Labute approximate surface area is 206 Å². The Morgan fingerprint density at radius 1 is 1.15 bits per heavy atom. The molecule has 2 aromatic rings. The van der Waals surface area contributed by atoms with Gasteiger partial charge in [-0.05, 0) is 43.0 Å². The van der Waals surface area contributed by atoms with Crippen LogP contribution in [0.25, 0.3) is 0 Å². The Balaban J connectivity index is 1.26. The number of thiophene rings is 1. The number of ether oxygens (including phenoxy) is 3. The fraction of sp³-hybridized carbons (Fsp3) is 0.458. The zero-order chi connectivity index (χ0) is 23.5. The second-order valence-corrected chi connectivity index (χ2v) is 11.1. The van der Waals surface area contributed by atoms with E-state index in [1.54, 1.807) is 6.92 Å². The standard InChI is InChI=1S/C24H24ClN3O5S/c1-23(12-16-6-7-18(25)34-16)20(30)28(21-26-19(29)14-31-21)22(33-23)27-10-8-24(9-11-27)17-5-3-2-4-15(17)13-32-24/h2-7,22H,8-14H2,1H3. The molecule has 4 aliphatic rings. The Morgan fingerprint density at radius 2 is 1.94 bits per heavy atom. The molecule has 0 aliphatic carbocycles. The van der Waals surface area contributed by atoms with Crippen LogP contribution in [0.4, 0.5) is 0 Å². The van der Waals surface area contributed by atoms with Crippen LogP contribution in [-0.2, 0) is 42.4 Å². The lowest BCUT2D eigenvalue weighted by atomic mass is 9.84. The Morgan fingerprint density at radius 3 is 2.65 bits per heavy atom. The molecule has 2 saturated heterocycles. The molecule has 178 valence electrons. The van der Waals surface area contributed by atoms with E-state index in [2.05, 4.69) is 28.1 Å². The van der Waals surface area contributed by atoms with E-state index in [9.17, 15) is 9.59 Å². The van der Waals surface area contributed by atoms with Crippen molar-refractivity contribution in [1.29, 1.82) is 0 Å². The summed E-state index contributed by atoms with van der Waals surface area (Å²) >= 11 is 7.53. The van der Waals surface area contributed by atoms with Gasteiger partial charge in [0, 0.05) is 24.4 Å². The van der Waals surface area contributed by atoms with Crippen LogP contribution in [0.2, 0.25) is 4.34 Å². The number of aliphatic imine (C=N–C) groups is 1. The van der Waals surface area contributed by atoms with Gasteiger partial charge in [0.15, 0.2) is 12.2 Å². The number of nitrogens with zero attached hydrogens (tertiary/aromatic N) is 3. The lowest BCUT2D eigenvalue weighted by Gasteiger charge is -2.42. The van der Waals surface area contributed by atoms with Gasteiger partial charge in [0.25, 0.3) is 11.8 Å². The first-order valence-electron chi connectivity index (χ1n) is 11.3. The fourth-order valence-corrected chi connectivity index (χ4v) is 6.56. The van der Waals surface area contributed by atoms with E-state index in [1.807, 2.05) is 18.2 Å². The molecule has 1 aromatic heterocycles. The molecule has 1 spiro atoms. The minimum atomic E-state index is -1.14. The minimum Gasteiger partial charge on any atom is -0.454 e. The molecule has 4 aliphatic heterocycles. The molecule has 2 amide bonds. The van der Waals surface area contributed by atoms with Crippen molar-refractivity contribution in [2.75, 3.05) is 19.7 Å². The summed E-state index contributed by atoms with van der Waals surface area (Å²) < 4.78 is 18.9. The number of amidine groups is 1. The van der Waals surface area contributed by atoms with E-state index in [0.29, 0.717) is 30.5 Å². The summed E-state index contributed by atoms with van der Waals surface area (Å²) in [5.41, 5.74) is 1.04. The maximum atomic E-state index is 13.6. The van der Waals surface area contributed by atoms with E-state index in [1.165, 1.54) is 27.4 Å². The molecule has 0 N–H and O–H groups in total. The topological polar surface area (TPSA) is 80.7 Å². The van der Waals surface area contributed by atoms with Crippen molar-refractivity contribution in [3.05, 3.63) is 56.7 Å². The van der Waals surface area contributed by atoms with Gasteiger partial charge < -0.3 is 14.2 Å². The second kappa shape index (κ2) is 8.13. The first kappa shape index (κ1) is 22.2. The average molecular weight is 502 g/mol. The largest absolute Gasteiger partial charge is 0.454 e. The number of hydrogen-bond acceptors (Lipinski definition) is 7. The maximum absolute atomic E-state index is 13.6. The highest BCUT2D eigenvalue weighted by atomic mass is 35.5. The molecule has 34 heavy (non-hydrogen) atoms. The van der Waals surface area contributed by atoms with Crippen molar-refractivity contribution in [1.82, 2.24) is 9.80 Å². The van der Waals surface area contributed by atoms with Gasteiger partial charge >= 0.3 is 6.02 Å². The number of piperidine rings is 1. The average Bonchev–Trinajstić information content (AvgIpc) is 3.58. The van der Waals surface area contributed by atoms with Gasteiger partial charge in [0.1, 0.15) is 0 Å². The summed E-state index contributed by atoms with van der Waals surface area (Å²) in [6, 6.07) is 12.1. The molecular weight excluding hydrogens is 478 g/mol. The van der Waals surface area contributed by atoms with Gasteiger partial charge in [-0.1, -0.05) is 35.9 Å². The highest BCUT2D eigenvalue weighted by molar-refractivity contribution is 7.16. The number of carbonyl (C=O) groups is 2. The molecule has 5 heterocycles. The number of rotatable bonds is 3. The van der Waals surface area contributed by atoms with Crippen molar-refractivity contribution in [2.24, 2.45) is 4.99 Å². The van der Waals surface area contributed by atoms with Crippen molar-refractivity contribution in [3.63, 3.8) is 0 Å². The number of amides is 2. The number of carbonyl (C=O) groups excluding carboxylic acids is 2. The first-order valence-corrected chi connectivity index (χ1v) is 12.5. The molecule has 2 fully saturated rings. The van der Waals surface area contributed by atoms with Crippen LogP contribution in [0.3, 0.4) is 0 Å². The quantitative estimate of drug-likeness (QED) is 0.642. The second-order valence-electron chi connectivity index (χ2n) is 9.29. The molecule has 1 aromatic carbocycles. The normalized spacial score (nSPS) is 28.5. The number of fused-ring (bicyclic) bond motifs is 2. The molecule has 0 bridgehead atoms. The van der Waals surface area contributed by atoms with E-state index in [4.69, 9.17) is 25.8 Å². The lowest BCUT2D eigenvalue weighted by Crippen LogP contribution is -2.54. The van der Waals surface area contributed by atoms with Crippen LogP contribution in [-0.4, -0.2) is 59.3 Å². The Hall–Kier alpha value is -2.30. The SMILES string of the molecule is CC1(Cc2ccc(Cl)s2)OC(N2CCC3(CC2)OCc2ccccc23)N(C2=NC(=O)CO2)C1=O. The van der Waals surface area contributed by atoms with Crippen LogP contribution in [0, 0.1) is 0 Å². The Kier molecular flexibility index (Phi) is 5.31. The maximum Gasteiger partial charge on any atom is 0.306 e. The summed E-state index contributed by atoms with van der Waals surface area (Å²) in [5, 5.41) is 0. The zero-order valence-electron chi connectivity index (χ0n) is 18.7. The number of halogens is 1. The monoisotopic (exact) mass is 501 g/mol. The molecule has 8 nitrogen and oxygen atoms in total. The zero-order valence-corrected chi connectivity index (χ0v) is 20.2. The summed E-state index contributed by atoms with van der Waals surface area (Å²) in [5.74, 6) is -0.688. The van der Waals surface area contributed by atoms with E-state index in [0.717, 1.165) is 17.7 Å². The molecule has 2 unspecified atom stereocenters. The third-order valence-corrected chi connectivity index (χ3v) is 8.31. The van der Waals surface area contributed by atoms with Crippen LogP contribution < -0.4 is 0 Å². The molecule has 6 rings (SSSR count). The van der Waals surface area contributed by atoms with Crippen LogP contribution >= 0.6 is 22.9 Å². The number of likely N-dealkylation sites (tertiary alicyclic amines) is 1. The first-order chi connectivity index (χ1) is 16.4. The molecule has 0 radical (unpaired) electrons. The smallest absolute Gasteiger partial charge is 0.306 e. The van der Waals surface area contributed by atoms with Gasteiger partial charge in [0.2, 0.25) is 6.35 Å². The molecule has 2 atom stereocenters. The third kappa shape index (κ3) is 3.58. The predicted molar refractivity (Wildman–Crippen MR) is 125 cm³/mol. The van der Waals surface area contributed by atoms with Crippen molar-refractivity contribution in [3.8, 4) is 0 Å². The third-order valence-electron chi connectivity index (χ3n) is 7.08. The summed E-state index contributed by atoms with van der Waals surface area (Å²) in [6.07, 6.45) is 1.20. The van der Waals surface area contributed by atoms with Crippen LogP contribution in [0.5, 0.6) is 0 Å². The summed E-state index contributed by atoms with van der Waals surface area (Å²) in [4.78, 5) is 33.9. The van der Waals surface area contributed by atoms with Gasteiger partial charge in [-0.2, -0.15) is 4.99 Å². The van der Waals surface area contributed by atoms with Crippen molar-refractivity contribution in [2.45, 2.75) is 50.3 Å². The number of benzene rings is 1. The van der Waals surface area contributed by atoms with Crippen molar-refractivity contribution >= 4 is 40.8 Å². The van der Waals surface area contributed by atoms with Crippen LogP contribution in [0.15, 0.2) is 41.4 Å². The van der Waals surface area contributed by atoms with Gasteiger partial charge in [0.05, 0.1) is 16.5 Å². The van der Waals surface area contributed by atoms with E-state index < -0.39 is 17.9 Å².